The zero-order valence-electron chi connectivity index (χ0n) is 37.5. The van der Waals surface area contributed by atoms with Crippen LogP contribution < -0.4 is 0 Å². The fourth-order valence-electron chi connectivity index (χ4n) is 10.5. The van der Waals surface area contributed by atoms with E-state index in [1.54, 1.807) is 0 Å². The summed E-state index contributed by atoms with van der Waals surface area (Å²) in [5.41, 5.74) is 10.2. The lowest BCUT2D eigenvalue weighted by molar-refractivity contribution is 0.589. The van der Waals surface area contributed by atoms with Gasteiger partial charge in [-0.1, -0.05) is 199 Å². The van der Waals surface area contributed by atoms with E-state index in [9.17, 15) is 0 Å². The Bertz CT molecular complexity index is 3900. The Balaban J connectivity index is 1.16. The van der Waals surface area contributed by atoms with Crippen molar-refractivity contribution >= 4 is 86.2 Å². The Morgan fingerprint density at radius 2 is 0.625 bits per heavy atom. The molecule has 0 atom stereocenters. The van der Waals surface area contributed by atoms with Crippen molar-refractivity contribution in [1.29, 1.82) is 0 Å². The average molecular weight is 819 g/mol. The lowest BCUT2D eigenvalue weighted by atomic mass is 9.80. The minimum atomic E-state index is -0.00750. The van der Waals surface area contributed by atoms with E-state index < -0.39 is 0 Å². The molecule has 0 saturated heterocycles. The fourth-order valence-corrected chi connectivity index (χ4v) is 10.5. The van der Waals surface area contributed by atoms with Crippen molar-refractivity contribution in [2.75, 3.05) is 0 Å². The third-order valence-electron chi connectivity index (χ3n) is 14.1. The van der Waals surface area contributed by atoms with Crippen LogP contribution in [0.15, 0.2) is 194 Å². The molecule has 0 fully saturated rings. The van der Waals surface area contributed by atoms with Crippen LogP contribution in [0.25, 0.3) is 120 Å². The molecule has 0 aliphatic carbocycles. The van der Waals surface area contributed by atoms with Crippen LogP contribution in [0.4, 0.5) is 0 Å². The van der Waals surface area contributed by atoms with Gasteiger partial charge in [0, 0.05) is 0 Å². The van der Waals surface area contributed by atoms with Gasteiger partial charge in [-0.25, -0.2) is 0 Å². The maximum absolute atomic E-state index is 2.50. The summed E-state index contributed by atoms with van der Waals surface area (Å²) in [6.07, 6.45) is 0. The molecule has 0 bridgehead atoms. The van der Waals surface area contributed by atoms with Crippen LogP contribution in [0, 0.1) is 0 Å². The Morgan fingerprint density at radius 3 is 1.20 bits per heavy atom. The van der Waals surface area contributed by atoms with Gasteiger partial charge in [-0.15, -0.1) is 0 Å². The monoisotopic (exact) mass is 818 g/mol. The van der Waals surface area contributed by atoms with Crippen LogP contribution >= 0.6 is 0 Å². The topological polar surface area (TPSA) is 0 Å². The van der Waals surface area contributed by atoms with E-state index in [1.807, 2.05) is 0 Å². The molecule has 0 unspecified atom stereocenters. The van der Waals surface area contributed by atoms with Crippen molar-refractivity contribution in [2.24, 2.45) is 0 Å². The molecule has 0 nitrogen and oxygen atoms in total. The number of rotatable bonds is 3. The Labute approximate surface area is 375 Å². The van der Waals surface area contributed by atoms with Crippen molar-refractivity contribution in [3.63, 3.8) is 0 Å². The summed E-state index contributed by atoms with van der Waals surface area (Å²) in [4.78, 5) is 0. The van der Waals surface area contributed by atoms with Gasteiger partial charge in [0.05, 0.1) is 0 Å². The van der Waals surface area contributed by atoms with Crippen LogP contribution in [0.3, 0.4) is 0 Å². The minimum absolute atomic E-state index is 0.00750. The quantitative estimate of drug-likeness (QED) is 0.156. The summed E-state index contributed by atoms with van der Waals surface area (Å²) < 4.78 is 0. The first kappa shape index (κ1) is 38.4. The average Bonchev–Trinajstić information content (AvgIpc) is 3.31. The van der Waals surface area contributed by atoms with Crippen molar-refractivity contribution < 1.29 is 0 Å². The number of hydrogen-bond acceptors (Lipinski definition) is 0. The zero-order valence-corrected chi connectivity index (χ0v) is 37.5. The second-order valence-corrected chi connectivity index (χ2v) is 20.2. The van der Waals surface area contributed by atoms with E-state index in [2.05, 4.69) is 236 Å². The first-order valence-corrected chi connectivity index (χ1v) is 22.8. The minimum Gasteiger partial charge on any atom is -0.0616 e. The molecular weight excluding hydrogens is 769 g/mol. The molecule has 12 aromatic carbocycles. The molecule has 0 radical (unpaired) electrons. The molecule has 306 valence electrons. The second kappa shape index (κ2) is 14.1. The van der Waals surface area contributed by atoms with Crippen LogP contribution in [0.5, 0.6) is 0 Å². The third kappa shape index (κ3) is 6.19. The summed E-state index contributed by atoms with van der Waals surface area (Å²) in [6.45, 7) is 13.9. The van der Waals surface area contributed by atoms with Crippen LogP contribution in [-0.4, -0.2) is 0 Å². The molecule has 12 rings (SSSR count). The van der Waals surface area contributed by atoms with Gasteiger partial charge in [-0.2, -0.15) is 0 Å². The van der Waals surface area contributed by atoms with Gasteiger partial charge in [-0.3, -0.25) is 0 Å². The summed E-state index contributed by atoms with van der Waals surface area (Å²) in [7, 11) is 0. The van der Waals surface area contributed by atoms with Gasteiger partial charge in [0.25, 0.3) is 0 Å². The SMILES string of the molecule is CC(C)(C)c1cc(-c2ccc3c(c2)c(-c2ccc4c(ccc5ccccc54)c2)cc2c4ccccc4c(-c4ccc5c(ccc6ccccc65)c4)cc32)c2cc(C(C)(C)C)ccc2c1. The van der Waals surface area contributed by atoms with Crippen LogP contribution in [0.2, 0.25) is 0 Å². The van der Waals surface area contributed by atoms with E-state index >= 15 is 0 Å². The second-order valence-electron chi connectivity index (χ2n) is 20.2. The van der Waals surface area contributed by atoms with E-state index in [0.717, 1.165) is 0 Å². The first-order valence-electron chi connectivity index (χ1n) is 22.8. The molecule has 0 heteroatoms. The maximum Gasteiger partial charge on any atom is -0.00923 e. The number of hydrogen-bond donors (Lipinski definition) is 0. The molecule has 0 aliphatic rings. The number of benzene rings is 12. The predicted octanol–water partition coefficient (Wildman–Crippen LogP) is 18.5. The molecule has 0 heterocycles. The lowest BCUT2D eigenvalue weighted by Gasteiger charge is -2.24. The summed E-state index contributed by atoms with van der Waals surface area (Å²) in [5.74, 6) is 0. The van der Waals surface area contributed by atoms with Crippen molar-refractivity contribution in [1.82, 2.24) is 0 Å². The largest absolute Gasteiger partial charge is 0.0616 e. The smallest absolute Gasteiger partial charge is 0.00923 e. The van der Waals surface area contributed by atoms with E-state index in [4.69, 9.17) is 0 Å². The molecule has 12 aromatic rings. The molecule has 0 spiro atoms. The summed E-state index contributed by atoms with van der Waals surface area (Å²) in [5, 5.41) is 20.4. The van der Waals surface area contributed by atoms with Crippen LogP contribution in [0.1, 0.15) is 52.7 Å². The Hall–Kier alpha value is -7.28. The van der Waals surface area contributed by atoms with Gasteiger partial charge in [0.2, 0.25) is 0 Å². The van der Waals surface area contributed by atoms with E-state index in [1.165, 1.54) is 131 Å². The molecule has 0 aliphatic heterocycles. The highest BCUT2D eigenvalue weighted by Gasteiger charge is 2.22. The highest BCUT2D eigenvalue weighted by molar-refractivity contribution is 6.25. The fraction of sp³-hybridized carbons (Fsp3) is 0.125. The van der Waals surface area contributed by atoms with E-state index in [0.29, 0.717) is 0 Å². The van der Waals surface area contributed by atoms with Crippen molar-refractivity contribution in [3.8, 4) is 33.4 Å². The van der Waals surface area contributed by atoms with Gasteiger partial charge >= 0.3 is 0 Å². The zero-order chi connectivity index (χ0) is 43.5. The summed E-state index contributed by atoms with van der Waals surface area (Å²) in [6, 6.07) is 74.0. The van der Waals surface area contributed by atoms with Crippen molar-refractivity contribution in [3.05, 3.63) is 205 Å². The highest BCUT2D eigenvalue weighted by atomic mass is 14.3. The molecule has 0 amide bonds. The summed E-state index contributed by atoms with van der Waals surface area (Å²) >= 11 is 0. The molecule has 0 N–H and O–H groups in total. The van der Waals surface area contributed by atoms with Gasteiger partial charge in [0.1, 0.15) is 0 Å². The Kier molecular flexibility index (Phi) is 8.47. The van der Waals surface area contributed by atoms with Gasteiger partial charge in [-0.05, 0) is 178 Å². The molecular formula is C64H50. The maximum atomic E-state index is 2.50. The molecule has 0 saturated carbocycles. The van der Waals surface area contributed by atoms with Crippen molar-refractivity contribution in [2.45, 2.75) is 52.4 Å². The normalized spacial score (nSPS) is 12.5. The first-order chi connectivity index (χ1) is 31.0. The molecule has 0 aromatic heterocycles. The number of fused-ring (bicyclic) bond motifs is 12. The van der Waals surface area contributed by atoms with Crippen LogP contribution in [-0.2, 0) is 10.8 Å². The van der Waals surface area contributed by atoms with E-state index in [-0.39, 0.29) is 10.8 Å². The standard InChI is InChI=1S/C64H50/c1-63(2,3)47-27-23-45-33-48(64(4,5)6)36-57(56(45)35-47)46-26-30-55-60(34-46)59(44-25-29-52-42(32-44)22-20-40-14-8-10-16-50(40)52)38-61-54-18-12-11-17-53(54)58(37-62(55)61)43-24-28-51-41(31-43)21-19-39-13-7-9-15-49(39)51/h7-38H,1-6H3. The molecule has 64 heavy (non-hydrogen) atoms. The lowest BCUT2D eigenvalue weighted by Crippen LogP contribution is -2.12. The van der Waals surface area contributed by atoms with Gasteiger partial charge in [0.15, 0.2) is 0 Å². The highest BCUT2D eigenvalue weighted by Crippen LogP contribution is 2.46. The predicted molar refractivity (Wildman–Crippen MR) is 280 cm³/mol. The Morgan fingerprint density at radius 1 is 0.219 bits per heavy atom. The van der Waals surface area contributed by atoms with Gasteiger partial charge < -0.3 is 0 Å². The third-order valence-corrected chi connectivity index (χ3v) is 14.1.